The number of hydrogen-bond donors (Lipinski definition) is 1. The molecule has 2 rings (SSSR count). The average Bonchev–Trinajstić information content (AvgIpc) is 2.32. The molecule has 0 aliphatic rings. The number of aryl methyl sites for hydroxylation is 1. The van der Waals surface area contributed by atoms with Crippen LogP contribution in [0.4, 0.5) is 5.69 Å². The number of anilines is 1. The predicted octanol–water partition coefficient (Wildman–Crippen LogP) is 2.17. The van der Waals surface area contributed by atoms with Crippen LogP contribution < -0.4 is 15.2 Å². The summed E-state index contributed by atoms with van der Waals surface area (Å²) in [5.41, 5.74) is 7.07. The van der Waals surface area contributed by atoms with E-state index in [9.17, 15) is 0 Å². The zero-order valence-corrected chi connectivity index (χ0v) is 9.68. The smallest absolute Gasteiger partial charge is 0.238 e. The van der Waals surface area contributed by atoms with Gasteiger partial charge in [-0.3, -0.25) is 4.98 Å². The zero-order valence-electron chi connectivity index (χ0n) is 9.68. The van der Waals surface area contributed by atoms with Gasteiger partial charge < -0.3 is 15.2 Å². The largest absolute Gasteiger partial charge is 0.494 e. The molecule has 0 aliphatic heterocycles. The first-order chi connectivity index (χ1) is 8.19. The maximum absolute atomic E-state index is 5.71. The van der Waals surface area contributed by atoms with Crippen molar-refractivity contribution in [3.05, 3.63) is 36.3 Å². The maximum atomic E-state index is 5.71. The molecule has 88 valence electrons. The van der Waals surface area contributed by atoms with E-state index < -0.39 is 0 Å². The number of rotatable bonds is 3. The van der Waals surface area contributed by atoms with E-state index in [0.717, 1.165) is 5.69 Å². The van der Waals surface area contributed by atoms with Crippen LogP contribution >= 0.6 is 0 Å². The monoisotopic (exact) mass is 231 g/mol. The van der Waals surface area contributed by atoms with Gasteiger partial charge in [0.1, 0.15) is 11.5 Å². The Morgan fingerprint density at radius 1 is 1.24 bits per heavy atom. The number of nitrogens with zero attached hydrogens (tertiary/aromatic N) is 2. The summed E-state index contributed by atoms with van der Waals surface area (Å²) in [6, 6.07) is 5.18. The van der Waals surface area contributed by atoms with Crippen molar-refractivity contribution in [1.29, 1.82) is 0 Å². The van der Waals surface area contributed by atoms with Crippen LogP contribution in [0.2, 0.25) is 0 Å². The molecule has 0 radical (unpaired) electrons. The van der Waals surface area contributed by atoms with Crippen LogP contribution in [0.3, 0.4) is 0 Å². The van der Waals surface area contributed by atoms with Gasteiger partial charge in [0.2, 0.25) is 5.88 Å². The molecule has 0 atom stereocenters. The number of nitrogen functional groups attached to an aromatic ring is 1. The molecule has 2 aromatic rings. The van der Waals surface area contributed by atoms with Crippen molar-refractivity contribution in [1.82, 2.24) is 9.97 Å². The van der Waals surface area contributed by atoms with Gasteiger partial charge in [-0.25, -0.2) is 4.98 Å². The van der Waals surface area contributed by atoms with Gasteiger partial charge in [0.05, 0.1) is 24.7 Å². The fraction of sp³-hybridized carbons (Fsp3) is 0.167. The van der Waals surface area contributed by atoms with Crippen LogP contribution in [0.1, 0.15) is 5.69 Å². The molecule has 0 spiro atoms. The molecular weight excluding hydrogens is 218 g/mol. The molecule has 5 heteroatoms. The van der Waals surface area contributed by atoms with Crippen molar-refractivity contribution in [2.75, 3.05) is 12.8 Å². The minimum Gasteiger partial charge on any atom is -0.494 e. The topological polar surface area (TPSA) is 70.3 Å². The Bertz CT molecular complexity index is 529. The molecule has 0 saturated heterocycles. The second-order valence-electron chi connectivity index (χ2n) is 3.50. The lowest BCUT2D eigenvalue weighted by molar-refractivity contribution is 0.409. The van der Waals surface area contributed by atoms with Gasteiger partial charge in [0, 0.05) is 12.3 Å². The van der Waals surface area contributed by atoms with Crippen LogP contribution in [0.5, 0.6) is 17.4 Å². The summed E-state index contributed by atoms with van der Waals surface area (Å²) in [5, 5.41) is 0. The lowest BCUT2D eigenvalue weighted by atomic mass is 10.3. The Morgan fingerprint density at radius 3 is 2.76 bits per heavy atom. The van der Waals surface area contributed by atoms with Crippen molar-refractivity contribution in [2.24, 2.45) is 0 Å². The first-order valence-electron chi connectivity index (χ1n) is 5.09. The molecule has 17 heavy (non-hydrogen) atoms. The van der Waals surface area contributed by atoms with E-state index in [1.54, 1.807) is 37.7 Å². The van der Waals surface area contributed by atoms with Gasteiger partial charge in [-0.2, -0.15) is 0 Å². The molecule has 2 N–H and O–H groups in total. The van der Waals surface area contributed by atoms with Crippen molar-refractivity contribution in [3.63, 3.8) is 0 Å². The minimum absolute atomic E-state index is 0.442. The standard InChI is InChI=1S/C12H13N3O2/c1-8-6-14-7-12(15-8)17-9-3-4-10(13)11(5-9)16-2/h3-7H,13H2,1-2H3. The number of nitrogens with two attached hydrogens (primary N) is 1. The molecular formula is C12H13N3O2. The van der Waals surface area contributed by atoms with Gasteiger partial charge >= 0.3 is 0 Å². The number of hydrogen-bond acceptors (Lipinski definition) is 5. The maximum Gasteiger partial charge on any atom is 0.238 e. The van der Waals surface area contributed by atoms with E-state index in [4.69, 9.17) is 15.2 Å². The summed E-state index contributed by atoms with van der Waals surface area (Å²) in [6.45, 7) is 1.85. The van der Waals surface area contributed by atoms with Crippen LogP contribution in [0.15, 0.2) is 30.6 Å². The van der Waals surface area contributed by atoms with E-state index in [-0.39, 0.29) is 0 Å². The van der Waals surface area contributed by atoms with Gasteiger partial charge in [-0.1, -0.05) is 0 Å². The first-order valence-corrected chi connectivity index (χ1v) is 5.09. The van der Waals surface area contributed by atoms with Crippen molar-refractivity contribution in [2.45, 2.75) is 6.92 Å². The highest BCUT2D eigenvalue weighted by molar-refractivity contribution is 5.55. The Kier molecular flexibility index (Phi) is 3.09. The highest BCUT2D eigenvalue weighted by atomic mass is 16.5. The van der Waals surface area contributed by atoms with Crippen LogP contribution in [0.25, 0.3) is 0 Å². The summed E-state index contributed by atoms with van der Waals surface area (Å²) in [7, 11) is 1.56. The van der Waals surface area contributed by atoms with E-state index >= 15 is 0 Å². The number of methoxy groups -OCH3 is 1. The summed E-state index contributed by atoms with van der Waals surface area (Å²) >= 11 is 0. The van der Waals surface area contributed by atoms with E-state index in [2.05, 4.69) is 9.97 Å². The highest BCUT2D eigenvalue weighted by Gasteiger charge is 2.04. The van der Waals surface area contributed by atoms with Crippen LogP contribution in [-0.4, -0.2) is 17.1 Å². The van der Waals surface area contributed by atoms with E-state index in [1.807, 2.05) is 6.92 Å². The van der Waals surface area contributed by atoms with Gasteiger partial charge in [-0.15, -0.1) is 0 Å². The molecule has 0 fully saturated rings. The Hall–Kier alpha value is -2.30. The molecule has 0 amide bonds. The Morgan fingerprint density at radius 2 is 2.06 bits per heavy atom. The molecule has 1 aromatic carbocycles. The lowest BCUT2D eigenvalue weighted by Crippen LogP contribution is -1.94. The fourth-order valence-corrected chi connectivity index (χ4v) is 1.37. The van der Waals surface area contributed by atoms with Gasteiger partial charge in [-0.05, 0) is 19.1 Å². The quantitative estimate of drug-likeness (QED) is 0.820. The summed E-state index contributed by atoms with van der Waals surface area (Å²) in [5.74, 6) is 1.62. The second kappa shape index (κ2) is 4.69. The number of aromatic nitrogens is 2. The Labute approximate surface area is 99.2 Å². The average molecular weight is 231 g/mol. The molecule has 1 aromatic heterocycles. The SMILES string of the molecule is COc1cc(Oc2cncc(C)n2)ccc1N. The fourth-order valence-electron chi connectivity index (χ4n) is 1.37. The Balaban J connectivity index is 2.24. The van der Waals surface area contributed by atoms with E-state index in [1.165, 1.54) is 0 Å². The highest BCUT2D eigenvalue weighted by Crippen LogP contribution is 2.28. The van der Waals surface area contributed by atoms with Gasteiger partial charge in [0.25, 0.3) is 0 Å². The second-order valence-corrected chi connectivity index (χ2v) is 3.50. The molecule has 1 heterocycles. The summed E-state index contributed by atoms with van der Waals surface area (Å²) in [4.78, 5) is 8.19. The van der Waals surface area contributed by atoms with Crippen LogP contribution in [-0.2, 0) is 0 Å². The molecule has 0 unspecified atom stereocenters. The predicted molar refractivity (Wildman–Crippen MR) is 64.2 cm³/mol. The normalized spacial score (nSPS) is 10.0. The molecule has 0 bridgehead atoms. The first kappa shape index (κ1) is 11.2. The van der Waals surface area contributed by atoms with E-state index in [0.29, 0.717) is 23.1 Å². The van der Waals surface area contributed by atoms with Crippen molar-refractivity contribution < 1.29 is 9.47 Å². The van der Waals surface area contributed by atoms with Crippen molar-refractivity contribution in [3.8, 4) is 17.4 Å². The third kappa shape index (κ3) is 2.63. The molecule has 5 nitrogen and oxygen atoms in total. The van der Waals surface area contributed by atoms with Crippen molar-refractivity contribution >= 4 is 5.69 Å². The third-order valence-electron chi connectivity index (χ3n) is 2.16. The zero-order chi connectivity index (χ0) is 12.3. The number of benzene rings is 1. The lowest BCUT2D eigenvalue weighted by Gasteiger charge is -2.08. The minimum atomic E-state index is 0.442. The summed E-state index contributed by atoms with van der Waals surface area (Å²) in [6.07, 6.45) is 3.21. The van der Waals surface area contributed by atoms with Gasteiger partial charge in [0.15, 0.2) is 0 Å². The summed E-state index contributed by atoms with van der Waals surface area (Å²) < 4.78 is 10.7. The third-order valence-corrected chi connectivity index (χ3v) is 2.16. The number of ether oxygens (including phenoxy) is 2. The van der Waals surface area contributed by atoms with Crippen LogP contribution in [0, 0.1) is 6.92 Å². The molecule has 0 aliphatic carbocycles. The molecule has 0 saturated carbocycles.